The molecule has 0 bridgehead atoms. The van der Waals surface area contributed by atoms with E-state index in [1.807, 2.05) is 65.2 Å². The minimum atomic E-state index is 0.509. The average Bonchev–Trinajstić information content (AvgIpc) is 3.43. The van der Waals surface area contributed by atoms with E-state index >= 15 is 0 Å². The molecule has 0 amide bonds. The number of thioether (sulfide) groups is 1. The Labute approximate surface area is 172 Å². The number of hydrogen-bond acceptors (Lipinski definition) is 6. The summed E-state index contributed by atoms with van der Waals surface area (Å²) in [5, 5.41) is 18.9. The van der Waals surface area contributed by atoms with Crippen LogP contribution in [0.25, 0.3) is 11.4 Å². The number of benzene rings is 2. The Morgan fingerprint density at radius 2 is 2.00 bits per heavy atom. The fourth-order valence-corrected chi connectivity index (χ4v) is 3.91. The average molecular weight is 402 g/mol. The van der Waals surface area contributed by atoms with Crippen LogP contribution < -0.4 is 4.74 Å². The van der Waals surface area contributed by atoms with Crippen molar-refractivity contribution < 1.29 is 9.15 Å². The SMILES string of the molecule is COc1cccc(-c2nnc(SCc3ccccc3C#N)n2Cc2ccco2)c1. The molecule has 2 aromatic carbocycles. The molecule has 7 heteroatoms. The first-order valence-corrected chi connectivity index (χ1v) is 9.98. The minimum absolute atomic E-state index is 0.509. The number of rotatable bonds is 7. The van der Waals surface area contributed by atoms with Gasteiger partial charge in [-0.15, -0.1) is 10.2 Å². The highest BCUT2D eigenvalue weighted by Gasteiger charge is 2.17. The molecular weight excluding hydrogens is 384 g/mol. The molecule has 2 aromatic heterocycles. The normalized spacial score (nSPS) is 10.6. The third kappa shape index (κ3) is 4.18. The van der Waals surface area contributed by atoms with Gasteiger partial charge in [0.05, 0.1) is 31.6 Å². The molecule has 0 saturated carbocycles. The maximum Gasteiger partial charge on any atom is 0.192 e. The summed E-state index contributed by atoms with van der Waals surface area (Å²) in [6.45, 7) is 0.509. The van der Waals surface area contributed by atoms with Crippen LogP contribution in [-0.2, 0) is 12.3 Å². The molecule has 2 heterocycles. The molecule has 0 aliphatic carbocycles. The molecule has 4 aromatic rings. The number of ether oxygens (including phenoxy) is 1. The Balaban J connectivity index is 1.68. The van der Waals surface area contributed by atoms with E-state index < -0.39 is 0 Å². The van der Waals surface area contributed by atoms with Crippen LogP contribution in [0.2, 0.25) is 0 Å². The van der Waals surface area contributed by atoms with Gasteiger partial charge in [-0.3, -0.25) is 4.57 Å². The van der Waals surface area contributed by atoms with Crippen LogP contribution in [0.1, 0.15) is 16.9 Å². The molecule has 4 rings (SSSR count). The van der Waals surface area contributed by atoms with Crippen LogP contribution in [0.5, 0.6) is 5.75 Å². The van der Waals surface area contributed by atoms with Crippen molar-refractivity contribution in [1.29, 1.82) is 5.26 Å². The number of hydrogen-bond donors (Lipinski definition) is 0. The van der Waals surface area contributed by atoms with Gasteiger partial charge in [-0.1, -0.05) is 42.1 Å². The Kier molecular flexibility index (Phi) is 5.63. The number of methoxy groups -OCH3 is 1. The molecule has 0 fully saturated rings. The molecule has 0 aliphatic rings. The monoisotopic (exact) mass is 402 g/mol. The first-order chi connectivity index (χ1) is 14.3. The predicted octanol–water partition coefficient (Wildman–Crippen LogP) is 4.76. The molecule has 29 heavy (non-hydrogen) atoms. The van der Waals surface area contributed by atoms with Crippen LogP contribution in [0.4, 0.5) is 0 Å². The van der Waals surface area contributed by atoms with Crippen molar-refractivity contribution in [1.82, 2.24) is 14.8 Å². The summed E-state index contributed by atoms with van der Waals surface area (Å²) in [5.74, 6) is 2.93. The van der Waals surface area contributed by atoms with E-state index in [4.69, 9.17) is 9.15 Å². The van der Waals surface area contributed by atoms with E-state index in [-0.39, 0.29) is 0 Å². The van der Waals surface area contributed by atoms with Crippen molar-refractivity contribution in [2.24, 2.45) is 0 Å². The van der Waals surface area contributed by atoms with Crippen molar-refractivity contribution in [3.05, 3.63) is 83.8 Å². The zero-order chi connectivity index (χ0) is 20.1. The summed E-state index contributed by atoms with van der Waals surface area (Å²) >= 11 is 1.54. The van der Waals surface area contributed by atoms with E-state index in [2.05, 4.69) is 16.3 Å². The Morgan fingerprint density at radius 1 is 1.10 bits per heavy atom. The van der Waals surface area contributed by atoms with E-state index in [9.17, 15) is 5.26 Å². The number of furan rings is 1. The Hall–Kier alpha value is -3.50. The number of aromatic nitrogens is 3. The highest BCUT2D eigenvalue weighted by molar-refractivity contribution is 7.98. The third-order valence-electron chi connectivity index (χ3n) is 4.43. The smallest absolute Gasteiger partial charge is 0.192 e. The Morgan fingerprint density at radius 3 is 2.79 bits per heavy atom. The first-order valence-electron chi connectivity index (χ1n) is 8.99. The summed E-state index contributed by atoms with van der Waals surface area (Å²) in [6, 6.07) is 21.3. The fourth-order valence-electron chi connectivity index (χ4n) is 2.97. The second-order valence-electron chi connectivity index (χ2n) is 6.26. The highest BCUT2D eigenvalue weighted by Crippen LogP contribution is 2.29. The minimum Gasteiger partial charge on any atom is -0.497 e. The largest absolute Gasteiger partial charge is 0.497 e. The van der Waals surface area contributed by atoms with Crippen molar-refractivity contribution >= 4 is 11.8 Å². The van der Waals surface area contributed by atoms with Gasteiger partial charge in [0.15, 0.2) is 11.0 Å². The molecule has 144 valence electrons. The van der Waals surface area contributed by atoms with Crippen molar-refractivity contribution in [3.63, 3.8) is 0 Å². The fraction of sp³-hybridized carbons (Fsp3) is 0.136. The van der Waals surface area contributed by atoms with Crippen LogP contribution in [-0.4, -0.2) is 21.9 Å². The van der Waals surface area contributed by atoms with Gasteiger partial charge in [0.2, 0.25) is 0 Å². The summed E-state index contributed by atoms with van der Waals surface area (Å²) in [5.41, 5.74) is 2.55. The quantitative estimate of drug-likeness (QED) is 0.415. The zero-order valence-electron chi connectivity index (χ0n) is 15.8. The zero-order valence-corrected chi connectivity index (χ0v) is 16.6. The lowest BCUT2D eigenvalue weighted by molar-refractivity contribution is 0.415. The Bertz CT molecular complexity index is 1150. The van der Waals surface area contributed by atoms with Gasteiger partial charge in [0.1, 0.15) is 11.5 Å². The predicted molar refractivity (Wildman–Crippen MR) is 111 cm³/mol. The lowest BCUT2D eigenvalue weighted by Gasteiger charge is -2.10. The summed E-state index contributed by atoms with van der Waals surface area (Å²) in [4.78, 5) is 0. The number of nitriles is 1. The van der Waals surface area contributed by atoms with Gasteiger partial charge >= 0.3 is 0 Å². The second-order valence-corrected chi connectivity index (χ2v) is 7.20. The van der Waals surface area contributed by atoms with E-state index in [1.165, 1.54) is 0 Å². The lowest BCUT2D eigenvalue weighted by Crippen LogP contribution is -2.04. The summed E-state index contributed by atoms with van der Waals surface area (Å²) < 4.78 is 12.9. The second kappa shape index (κ2) is 8.67. The molecule has 0 radical (unpaired) electrons. The topological polar surface area (TPSA) is 76.9 Å². The third-order valence-corrected chi connectivity index (χ3v) is 5.45. The summed E-state index contributed by atoms with van der Waals surface area (Å²) in [7, 11) is 1.64. The van der Waals surface area contributed by atoms with E-state index in [0.717, 1.165) is 33.6 Å². The van der Waals surface area contributed by atoms with Crippen molar-refractivity contribution in [3.8, 4) is 23.2 Å². The highest BCUT2D eigenvalue weighted by atomic mass is 32.2. The van der Waals surface area contributed by atoms with E-state index in [1.54, 1.807) is 25.1 Å². The lowest BCUT2D eigenvalue weighted by atomic mass is 10.1. The van der Waals surface area contributed by atoms with Crippen LogP contribution in [0, 0.1) is 11.3 Å². The van der Waals surface area contributed by atoms with Gasteiger partial charge in [0, 0.05) is 11.3 Å². The van der Waals surface area contributed by atoms with Gasteiger partial charge in [-0.2, -0.15) is 5.26 Å². The van der Waals surface area contributed by atoms with Gasteiger partial charge < -0.3 is 9.15 Å². The molecule has 0 aliphatic heterocycles. The molecule has 0 saturated heterocycles. The molecule has 0 N–H and O–H groups in total. The van der Waals surface area contributed by atoms with Gasteiger partial charge in [-0.05, 0) is 35.9 Å². The van der Waals surface area contributed by atoms with Gasteiger partial charge in [-0.25, -0.2) is 0 Å². The molecule has 0 unspecified atom stereocenters. The van der Waals surface area contributed by atoms with Crippen molar-refractivity contribution in [2.75, 3.05) is 7.11 Å². The standard InChI is InChI=1S/C22H18N4O2S/c1-27-19-9-4-8-16(12-19)21-24-25-22(26(21)14-20-10-5-11-28-20)29-15-18-7-3-2-6-17(18)13-23/h2-12H,14-15H2,1H3. The van der Waals surface area contributed by atoms with E-state index in [0.29, 0.717) is 17.9 Å². The van der Waals surface area contributed by atoms with Crippen LogP contribution in [0.15, 0.2) is 76.5 Å². The maximum atomic E-state index is 9.33. The first kappa shape index (κ1) is 18.8. The molecule has 6 nitrogen and oxygen atoms in total. The van der Waals surface area contributed by atoms with Gasteiger partial charge in [0.25, 0.3) is 0 Å². The maximum absolute atomic E-state index is 9.33. The van der Waals surface area contributed by atoms with Crippen LogP contribution in [0.3, 0.4) is 0 Å². The summed E-state index contributed by atoms with van der Waals surface area (Å²) in [6.07, 6.45) is 1.65. The van der Waals surface area contributed by atoms with Crippen molar-refractivity contribution in [2.45, 2.75) is 17.5 Å². The van der Waals surface area contributed by atoms with Crippen LogP contribution >= 0.6 is 11.8 Å². The molecular formula is C22H18N4O2S. The molecule has 0 atom stereocenters. The molecule has 0 spiro atoms. The number of nitrogens with zero attached hydrogens (tertiary/aromatic N) is 4.